The van der Waals surface area contributed by atoms with Crippen LogP contribution in [0.15, 0.2) is 0 Å². The number of ether oxygens (including phenoxy) is 2. The van der Waals surface area contributed by atoms with Gasteiger partial charge in [-0.3, -0.25) is 49.1 Å². The van der Waals surface area contributed by atoms with Crippen LogP contribution in [0.4, 0.5) is 0 Å². The van der Waals surface area contributed by atoms with Crippen LogP contribution in [0.3, 0.4) is 0 Å². The molecular formula is C39H59N7O11S2. The van der Waals surface area contributed by atoms with Crippen molar-refractivity contribution in [3.8, 4) is 0 Å². The lowest BCUT2D eigenvalue weighted by molar-refractivity contribution is -0.154. The molecule has 7 unspecified atom stereocenters. The van der Waals surface area contributed by atoms with E-state index < -0.39 is 51.7 Å². The predicted octanol–water partition coefficient (Wildman–Crippen LogP) is -0.189. The van der Waals surface area contributed by atoms with Gasteiger partial charge in [0.05, 0.1) is 36.2 Å². The number of amides is 7. The molecule has 20 heteroatoms. The molecule has 0 bridgehead atoms. The Balaban J connectivity index is 0.806. The second-order valence-corrected chi connectivity index (χ2v) is 20.4. The SMILES string of the molecule is CS(=O)(=O)N1CCC(C(=O)N[C@@H](CCOCCCC(=O)N2CC(OC3CCC4C(=O)N(C5CCC(=O)NC5=O)C(=O)C4C3)C2)C(=O)NC2NC(C3CCCCC3)CS2)C1. The van der Waals surface area contributed by atoms with Crippen LogP contribution in [0.1, 0.15) is 89.9 Å². The Hall–Kier alpha value is -3.17. The maximum atomic E-state index is 13.5. The molecule has 8 atom stereocenters. The van der Waals surface area contributed by atoms with Crippen molar-refractivity contribution in [2.45, 2.75) is 126 Å². The van der Waals surface area contributed by atoms with Crippen molar-refractivity contribution in [2.24, 2.45) is 23.7 Å². The third-order valence-electron chi connectivity index (χ3n) is 13.2. The summed E-state index contributed by atoms with van der Waals surface area (Å²) in [6, 6.07) is -1.50. The molecule has 0 radical (unpaired) electrons. The van der Waals surface area contributed by atoms with Crippen molar-refractivity contribution in [3.05, 3.63) is 0 Å². The highest BCUT2D eigenvalue weighted by molar-refractivity contribution is 8.00. The van der Waals surface area contributed by atoms with Gasteiger partial charge >= 0.3 is 0 Å². The Bertz CT molecular complexity index is 1740. The Kier molecular flexibility index (Phi) is 14.3. The Morgan fingerprint density at radius 3 is 2.41 bits per heavy atom. The van der Waals surface area contributed by atoms with Gasteiger partial charge in [-0.25, -0.2) is 12.7 Å². The van der Waals surface area contributed by atoms with Crippen LogP contribution in [0.25, 0.3) is 0 Å². The number of nitrogens with zero attached hydrogens (tertiary/aromatic N) is 3. The molecule has 5 saturated heterocycles. The molecule has 2 saturated carbocycles. The highest BCUT2D eigenvalue weighted by atomic mass is 32.2. The van der Waals surface area contributed by atoms with E-state index in [2.05, 4.69) is 21.3 Å². The van der Waals surface area contributed by atoms with Crippen LogP contribution in [0.2, 0.25) is 0 Å². The van der Waals surface area contributed by atoms with Gasteiger partial charge in [-0.05, 0) is 63.7 Å². The Labute approximate surface area is 349 Å². The second-order valence-electron chi connectivity index (χ2n) is 17.3. The van der Waals surface area contributed by atoms with Gasteiger partial charge in [-0.15, -0.1) is 11.8 Å². The lowest BCUT2D eigenvalue weighted by Gasteiger charge is -2.42. The first-order valence-corrected chi connectivity index (χ1v) is 24.3. The van der Waals surface area contributed by atoms with Gasteiger partial charge in [0.2, 0.25) is 51.4 Å². The quantitative estimate of drug-likeness (QED) is 0.117. The molecule has 4 N–H and O–H groups in total. The van der Waals surface area contributed by atoms with Crippen molar-refractivity contribution < 1.29 is 51.5 Å². The summed E-state index contributed by atoms with van der Waals surface area (Å²) in [7, 11) is -3.43. The molecule has 7 amide bonds. The standard InChI is InChI=1S/C39H59N7O11S2/c1-59(54,55)45-15-13-24(19-45)34(49)40-29(35(50)43-39-41-30(22-58-39)23-6-3-2-4-7-23)14-17-56-16-5-8-33(48)44-20-26(21-44)57-25-9-10-27-28(18-25)38(53)46(37(27)52)31-11-12-32(47)42-36(31)51/h23-31,39,41H,2-22H2,1H3,(H,40,49)(H,43,50)(H,42,47,51)/t24?,25?,27?,28?,29-,30?,31?,39?/m0/s1. The van der Waals surface area contributed by atoms with Gasteiger partial charge in [-0.2, -0.15) is 0 Å². The van der Waals surface area contributed by atoms with E-state index in [9.17, 15) is 42.0 Å². The maximum absolute atomic E-state index is 13.5. The van der Waals surface area contributed by atoms with Crippen molar-refractivity contribution in [1.82, 2.24) is 35.4 Å². The normalized spacial score (nSPS) is 31.5. The van der Waals surface area contributed by atoms with Crippen molar-refractivity contribution in [1.29, 1.82) is 0 Å². The molecule has 0 aromatic rings. The van der Waals surface area contributed by atoms with Gasteiger partial charge < -0.3 is 25.0 Å². The minimum atomic E-state index is -3.43. The fraction of sp³-hybridized carbons (Fsp3) is 0.821. The van der Waals surface area contributed by atoms with Crippen LogP contribution in [-0.2, 0) is 53.1 Å². The Morgan fingerprint density at radius 2 is 1.68 bits per heavy atom. The summed E-state index contributed by atoms with van der Waals surface area (Å²) in [4.78, 5) is 92.8. The van der Waals surface area contributed by atoms with E-state index in [1.807, 2.05) is 0 Å². The first-order chi connectivity index (χ1) is 28.2. The topological polar surface area (TPSA) is 230 Å². The molecule has 0 aromatic heterocycles. The van der Waals surface area contributed by atoms with E-state index >= 15 is 0 Å². The van der Waals surface area contributed by atoms with Gasteiger partial charge in [0, 0.05) is 64.0 Å². The lowest BCUT2D eigenvalue weighted by atomic mass is 9.79. The zero-order valence-electron chi connectivity index (χ0n) is 33.8. The number of likely N-dealkylation sites (tertiary alicyclic amines) is 2. The largest absolute Gasteiger partial charge is 0.381 e. The van der Waals surface area contributed by atoms with Crippen molar-refractivity contribution in [2.75, 3.05) is 51.4 Å². The predicted molar refractivity (Wildman–Crippen MR) is 213 cm³/mol. The minimum absolute atomic E-state index is 0.0362. The number of rotatable bonds is 16. The number of sulfonamides is 1. The van der Waals surface area contributed by atoms with E-state index in [-0.39, 0.29) is 99.2 Å². The highest BCUT2D eigenvalue weighted by Gasteiger charge is 2.54. The zero-order chi connectivity index (χ0) is 41.8. The molecule has 7 rings (SSSR count). The van der Waals surface area contributed by atoms with E-state index in [1.54, 1.807) is 16.7 Å². The fourth-order valence-electron chi connectivity index (χ4n) is 9.73. The van der Waals surface area contributed by atoms with E-state index in [0.717, 1.165) is 16.9 Å². The van der Waals surface area contributed by atoms with Gasteiger partial charge in [0.15, 0.2) is 0 Å². The van der Waals surface area contributed by atoms with Gasteiger partial charge in [0.25, 0.3) is 0 Å². The van der Waals surface area contributed by atoms with E-state index in [1.165, 1.54) is 36.4 Å². The molecule has 328 valence electrons. The van der Waals surface area contributed by atoms with Crippen LogP contribution < -0.4 is 21.3 Å². The summed E-state index contributed by atoms with van der Waals surface area (Å²) in [6.45, 7) is 1.64. The maximum Gasteiger partial charge on any atom is 0.249 e. The summed E-state index contributed by atoms with van der Waals surface area (Å²) < 4.78 is 37.4. The van der Waals surface area contributed by atoms with Crippen LogP contribution in [0, 0.1) is 23.7 Å². The number of fused-ring (bicyclic) bond motifs is 1. The van der Waals surface area contributed by atoms with Gasteiger partial charge in [0.1, 0.15) is 17.6 Å². The molecule has 7 aliphatic rings. The lowest BCUT2D eigenvalue weighted by Crippen LogP contribution is -2.56. The molecule has 59 heavy (non-hydrogen) atoms. The summed E-state index contributed by atoms with van der Waals surface area (Å²) in [5.41, 5.74) is -0.269. The number of carbonyl (C=O) groups is 7. The number of hydrogen-bond acceptors (Lipinski definition) is 13. The molecule has 18 nitrogen and oxygen atoms in total. The van der Waals surface area contributed by atoms with Crippen LogP contribution in [-0.4, -0.2) is 151 Å². The summed E-state index contributed by atoms with van der Waals surface area (Å²) in [6.07, 6.45) is 9.76. The monoisotopic (exact) mass is 865 g/mol. The molecule has 5 heterocycles. The van der Waals surface area contributed by atoms with E-state index in [4.69, 9.17) is 9.47 Å². The average molecular weight is 866 g/mol. The highest BCUT2D eigenvalue weighted by Crippen LogP contribution is 2.41. The molecule has 7 fully saturated rings. The fourth-order valence-corrected chi connectivity index (χ4v) is 11.9. The first kappa shape index (κ1) is 43.9. The smallest absolute Gasteiger partial charge is 0.249 e. The van der Waals surface area contributed by atoms with E-state index in [0.29, 0.717) is 57.2 Å². The molecule has 0 spiro atoms. The van der Waals surface area contributed by atoms with Crippen molar-refractivity contribution in [3.63, 3.8) is 0 Å². The van der Waals surface area contributed by atoms with Crippen LogP contribution in [0.5, 0.6) is 0 Å². The number of thioether (sulfide) groups is 1. The molecular weight excluding hydrogens is 807 g/mol. The molecule has 0 aromatic carbocycles. The Morgan fingerprint density at radius 1 is 0.915 bits per heavy atom. The molecule has 5 aliphatic heterocycles. The average Bonchev–Trinajstić information content (AvgIpc) is 3.93. The van der Waals surface area contributed by atoms with Gasteiger partial charge in [-0.1, -0.05) is 19.3 Å². The zero-order valence-corrected chi connectivity index (χ0v) is 35.4. The number of hydrogen-bond donors (Lipinski definition) is 4. The number of carbonyl (C=O) groups excluding carboxylic acids is 7. The third kappa shape index (κ3) is 10.7. The third-order valence-corrected chi connectivity index (χ3v) is 15.6. The summed E-state index contributed by atoms with van der Waals surface area (Å²) in [5.74, 6) is -2.58. The minimum Gasteiger partial charge on any atom is -0.381 e. The van der Waals surface area contributed by atoms with Crippen LogP contribution >= 0.6 is 11.8 Å². The summed E-state index contributed by atoms with van der Waals surface area (Å²) in [5, 5.41) is 11.7. The number of imide groups is 2. The second kappa shape index (κ2) is 19.3. The number of nitrogens with one attached hydrogen (secondary N) is 4. The van der Waals surface area contributed by atoms with Crippen molar-refractivity contribution >= 4 is 63.1 Å². The first-order valence-electron chi connectivity index (χ1n) is 21.4. The molecule has 2 aliphatic carbocycles. The summed E-state index contributed by atoms with van der Waals surface area (Å²) >= 11 is 1.65. The number of piperidine rings is 1.